The van der Waals surface area contributed by atoms with Crippen molar-refractivity contribution in [1.29, 1.82) is 0 Å². The summed E-state index contributed by atoms with van der Waals surface area (Å²) in [7, 11) is -0.536. The van der Waals surface area contributed by atoms with Gasteiger partial charge in [0.15, 0.2) is 0 Å². The summed E-state index contributed by atoms with van der Waals surface area (Å²) < 4.78 is 5.82. The zero-order chi connectivity index (χ0) is 9.56. The molecule has 0 fully saturated rings. The SMILES string of the molecule is CC[Si](CC)O/C(C)=C\C(C)C. The molecule has 0 aliphatic carbocycles. The lowest BCUT2D eigenvalue weighted by Crippen LogP contribution is -2.14. The average molecular weight is 185 g/mol. The largest absolute Gasteiger partial charge is 0.546 e. The van der Waals surface area contributed by atoms with Crippen molar-refractivity contribution in [2.75, 3.05) is 0 Å². The summed E-state index contributed by atoms with van der Waals surface area (Å²) in [4.78, 5) is 0. The van der Waals surface area contributed by atoms with E-state index in [9.17, 15) is 0 Å². The fraction of sp³-hybridized carbons (Fsp3) is 0.800. The van der Waals surface area contributed by atoms with Crippen molar-refractivity contribution in [2.24, 2.45) is 5.92 Å². The third-order valence-electron chi connectivity index (χ3n) is 1.66. The summed E-state index contributed by atoms with van der Waals surface area (Å²) in [5, 5.41) is 0. The number of hydrogen-bond acceptors (Lipinski definition) is 1. The molecule has 0 aromatic heterocycles. The van der Waals surface area contributed by atoms with Crippen LogP contribution in [0, 0.1) is 5.92 Å². The Kier molecular flexibility index (Phi) is 6.16. The van der Waals surface area contributed by atoms with Crippen molar-refractivity contribution in [2.45, 2.75) is 46.7 Å². The molecule has 2 heteroatoms. The average Bonchev–Trinajstić information content (AvgIpc) is 1.98. The van der Waals surface area contributed by atoms with Gasteiger partial charge in [-0.3, -0.25) is 0 Å². The molecule has 0 saturated heterocycles. The van der Waals surface area contributed by atoms with E-state index in [1.165, 1.54) is 12.1 Å². The van der Waals surface area contributed by atoms with Crippen molar-refractivity contribution in [1.82, 2.24) is 0 Å². The number of allylic oxidation sites excluding steroid dienone is 2. The van der Waals surface area contributed by atoms with Crippen LogP contribution in [0.1, 0.15) is 34.6 Å². The van der Waals surface area contributed by atoms with Gasteiger partial charge in [-0.15, -0.1) is 0 Å². The predicted molar refractivity (Wildman–Crippen MR) is 56.4 cm³/mol. The Morgan fingerprint density at radius 2 is 1.83 bits per heavy atom. The summed E-state index contributed by atoms with van der Waals surface area (Å²) in [6.07, 6.45) is 2.19. The molecule has 12 heavy (non-hydrogen) atoms. The van der Waals surface area contributed by atoms with Crippen LogP contribution in [-0.4, -0.2) is 9.04 Å². The number of rotatable bonds is 5. The Morgan fingerprint density at radius 1 is 1.33 bits per heavy atom. The van der Waals surface area contributed by atoms with E-state index in [1.54, 1.807) is 0 Å². The summed E-state index contributed by atoms with van der Waals surface area (Å²) in [5.74, 6) is 1.71. The van der Waals surface area contributed by atoms with Crippen LogP contribution < -0.4 is 0 Å². The Balaban J connectivity index is 3.88. The molecule has 0 aliphatic heterocycles. The van der Waals surface area contributed by atoms with E-state index in [-0.39, 0.29) is 0 Å². The third-order valence-corrected chi connectivity index (χ3v) is 3.85. The van der Waals surface area contributed by atoms with Gasteiger partial charge in [-0.1, -0.05) is 27.7 Å². The van der Waals surface area contributed by atoms with Gasteiger partial charge in [-0.25, -0.2) is 0 Å². The molecule has 0 atom stereocenters. The van der Waals surface area contributed by atoms with Crippen molar-refractivity contribution in [3.8, 4) is 0 Å². The van der Waals surface area contributed by atoms with Gasteiger partial charge in [0, 0.05) is 0 Å². The smallest absolute Gasteiger partial charge is 0.279 e. The molecule has 0 heterocycles. The quantitative estimate of drug-likeness (QED) is 0.470. The normalized spacial score (nSPS) is 12.8. The highest BCUT2D eigenvalue weighted by Crippen LogP contribution is 2.09. The third kappa shape index (κ3) is 5.41. The van der Waals surface area contributed by atoms with Crippen LogP contribution in [0.4, 0.5) is 0 Å². The fourth-order valence-electron chi connectivity index (χ4n) is 1.13. The molecule has 0 amide bonds. The maximum absolute atomic E-state index is 5.82. The van der Waals surface area contributed by atoms with Crippen LogP contribution in [0.25, 0.3) is 0 Å². The van der Waals surface area contributed by atoms with Crippen LogP contribution >= 0.6 is 0 Å². The van der Waals surface area contributed by atoms with Crippen molar-refractivity contribution < 1.29 is 4.43 Å². The minimum Gasteiger partial charge on any atom is -0.546 e. The van der Waals surface area contributed by atoms with Gasteiger partial charge >= 0.3 is 0 Å². The summed E-state index contributed by atoms with van der Waals surface area (Å²) in [6.45, 7) is 10.8. The van der Waals surface area contributed by atoms with Gasteiger partial charge in [0.25, 0.3) is 9.04 Å². The molecule has 0 aromatic carbocycles. The minimum absolute atomic E-state index is 0.536. The van der Waals surface area contributed by atoms with E-state index >= 15 is 0 Å². The predicted octanol–water partition coefficient (Wildman–Crippen LogP) is 3.59. The first-order valence-electron chi connectivity index (χ1n) is 4.81. The van der Waals surface area contributed by atoms with Gasteiger partial charge in [-0.2, -0.15) is 0 Å². The molecule has 0 unspecified atom stereocenters. The van der Waals surface area contributed by atoms with Crippen LogP contribution in [-0.2, 0) is 4.43 Å². The molecule has 0 saturated carbocycles. The second kappa shape index (κ2) is 6.29. The second-order valence-electron chi connectivity index (χ2n) is 3.37. The molecule has 0 aliphatic rings. The molecule has 1 nitrogen and oxygen atoms in total. The first-order chi connectivity index (χ1) is 5.60. The lowest BCUT2D eigenvalue weighted by molar-refractivity contribution is 0.426. The first kappa shape index (κ1) is 11.8. The Morgan fingerprint density at radius 3 is 2.17 bits per heavy atom. The van der Waals surface area contributed by atoms with Gasteiger partial charge in [-0.05, 0) is 31.0 Å². The van der Waals surface area contributed by atoms with E-state index in [0.717, 1.165) is 5.76 Å². The molecule has 71 valence electrons. The van der Waals surface area contributed by atoms with Gasteiger partial charge in [0.2, 0.25) is 0 Å². The molecule has 0 bridgehead atoms. The number of hydrogen-bond donors (Lipinski definition) is 0. The summed E-state index contributed by atoms with van der Waals surface area (Å²) >= 11 is 0. The van der Waals surface area contributed by atoms with Crippen LogP contribution in [0.3, 0.4) is 0 Å². The maximum atomic E-state index is 5.82. The standard InChI is InChI=1S/C10H21OSi/c1-6-12(7-2)11-10(5)8-9(3)4/h8-9H,6-7H2,1-5H3/b10-8-. The Hall–Kier alpha value is -0.243. The van der Waals surface area contributed by atoms with Gasteiger partial charge < -0.3 is 4.43 Å². The van der Waals surface area contributed by atoms with Crippen molar-refractivity contribution in [3.05, 3.63) is 11.8 Å². The van der Waals surface area contributed by atoms with E-state index in [0.29, 0.717) is 5.92 Å². The monoisotopic (exact) mass is 185 g/mol. The molecule has 0 N–H and O–H groups in total. The molecule has 0 rings (SSSR count). The molecular formula is C10H21OSi. The molecular weight excluding hydrogens is 164 g/mol. The topological polar surface area (TPSA) is 9.23 Å². The van der Waals surface area contributed by atoms with Gasteiger partial charge in [0.1, 0.15) is 0 Å². The van der Waals surface area contributed by atoms with Gasteiger partial charge in [0.05, 0.1) is 5.76 Å². The lowest BCUT2D eigenvalue weighted by atomic mass is 10.2. The van der Waals surface area contributed by atoms with Crippen LogP contribution in [0.5, 0.6) is 0 Å². The highest BCUT2D eigenvalue weighted by Gasteiger charge is 2.08. The van der Waals surface area contributed by atoms with E-state index < -0.39 is 9.04 Å². The van der Waals surface area contributed by atoms with Crippen LogP contribution in [0.2, 0.25) is 12.1 Å². The highest BCUT2D eigenvalue weighted by molar-refractivity contribution is 6.51. The molecule has 1 radical (unpaired) electrons. The highest BCUT2D eigenvalue weighted by atomic mass is 28.3. The van der Waals surface area contributed by atoms with Crippen LogP contribution in [0.15, 0.2) is 11.8 Å². The Bertz CT molecular complexity index is 137. The second-order valence-corrected chi connectivity index (χ2v) is 6.06. The van der Waals surface area contributed by atoms with E-state index in [4.69, 9.17) is 4.43 Å². The van der Waals surface area contributed by atoms with E-state index in [1.807, 2.05) is 0 Å². The first-order valence-corrected chi connectivity index (χ1v) is 6.63. The van der Waals surface area contributed by atoms with Crippen molar-refractivity contribution >= 4 is 9.04 Å². The molecule has 0 spiro atoms. The van der Waals surface area contributed by atoms with E-state index in [2.05, 4.69) is 40.7 Å². The minimum atomic E-state index is -0.536. The molecule has 0 aromatic rings. The summed E-state index contributed by atoms with van der Waals surface area (Å²) in [6, 6.07) is 2.40. The van der Waals surface area contributed by atoms with Crippen molar-refractivity contribution in [3.63, 3.8) is 0 Å². The lowest BCUT2D eigenvalue weighted by Gasteiger charge is -2.14. The zero-order valence-corrected chi connectivity index (χ0v) is 9.98. The fourth-order valence-corrected chi connectivity index (χ4v) is 2.44. The zero-order valence-electron chi connectivity index (χ0n) is 8.98. The summed E-state index contributed by atoms with van der Waals surface area (Å²) in [5.41, 5.74) is 0. The maximum Gasteiger partial charge on any atom is 0.279 e. The Labute approximate surface area is 78.5 Å².